The van der Waals surface area contributed by atoms with Crippen molar-refractivity contribution in [1.82, 2.24) is 10.2 Å². The fraction of sp³-hybridized carbons (Fsp3) is 0.133. The van der Waals surface area contributed by atoms with E-state index in [0.29, 0.717) is 6.42 Å². The molecule has 102 valence electrons. The number of rotatable bonds is 4. The molecular weight excluding hydrogens is 272 g/mol. The normalized spacial score (nSPS) is 17.3. The predicted molar refractivity (Wildman–Crippen MR) is 80.9 cm³/mol. The maximum atomic E-state index is 12.2. The monoisotopic (exact) mass is 286 g/mol. The van der Waals surface area contributed by atoms with Crippen molar-refractivity contribution in [2.75, 3.05) is 6.54 Å². The van der Waals surface area contributed by atoms with Crippen molar-refractivity contribution in [2.45, 2.75) is 6.42 Å². The van der Waals surface area contributed by atoms with Crippen LogP contribution >= 0.6 is 12.2 Å². The van der Waals surface area contributed by atoms with Gasteiger partial charge in [-0.3, -0.25) is 19.8 Å². The predicted octanol–water partition coefficient (Wildman–Crippen LogP) is 1.58. The van der Waals surface area contributed by atoms with Crippen molar-refractivity contribution in [3.05, 3.63) is 60.2 Å². The van der Waals surface area contributed by atoms with Crippen molar-refractivity contribution >= 4 is 29.1 Å². The molecule has 0 aliphatic carbocycles. The molecule has 1 saturated heterocycles. The number of nitrogens with zero attached hydrogens (tertiary/aromatic N) is 1. The number of amides is 2. The largest absolute Gasteiger partial charge is 0.298 e. The first-order chi connectivity index (χ1) is 9.63. The molecule has 1 heterocycles. The third kappa shape index (κ3) is 3.00. The Kier molecular flexibility index (Phi) is 4.42. The van der Waals surface area contributed by atoms with Gasteiger partial charge in [-0.05, 0) is 24.2 Å². The Balaban J connectivity index is 2.20. The lowest BCUT2D eigenvalue weighted by Crippen LogP contribution is -2.54. The van der Waals surface area contributed by atoms with Gasteiger partial charge in [0.2, 0.25) is 0 Å². The van der Waals surface area contributed by atoms with Gasteiger partial charge in [0.25, 0.3) is 11.8 Å². The van der Waals surface area contributed by atoms with Gasteiger partial charge in [0.1, 0.15) is 5.57 Å². The van der Waals surface area contributed by atoms with E-state index in [1.54, 1.807) is 12.2 Å². The van der Waals surface area contributed by atoms with Crippen LogP contribution < -0.4 is 5.32 Å². The van der Waals surface area contributed by atoms with Gasteiger partial charge < -0.3 is 0 Å². The number of nitrogens with one attached hydrogen (secondary N) is 1. The van der Waals surface area contributed by atoms with Crippen molar-refractivity contribution in [3.63, 3.8) is 0 Å². The Hall–Kier alpha value is -2.27. The highest BCUT2D eigenvalue weighted by molar-refractivity contribution is 7.80. The smallest absolute Gasteiger partial charge is 0.265 e. The second kappa shape index (κ2) is 6.25. The van der Waals surface area contributed by atoms with Gasteiger partial charge in [-0.15, -0.1) is 6.58 Å². The molecule has 1 N–H and O–H groups in total. The first-order valence-electron chi connectivity index (χ1n) is 6.15. The molecule has 1 aromatic rings. The van der Waals surface area contributed by atoms with Gasteiger partial charge in [-0.2, -0.15) is 0 Å². The van der Waals surface area contributed by atoms with E-state index in [1.165, 1.54) is 4.90 Å². The van der Waals surface area contributed by atoms with E-state index in [1.807, 2.05) is 30.3 Å². The number of carbonyl (C=O) groups excluding carboxylic acids is 2. The molecule has 20 heavy (non-hydrogen) atoms. The Morgan fingerprint density at radius 2 is 1.95 bits per heavy atom. The third-order valence-corrected chi connectivity index (χ3v) is 3.20. The van der Waals surface area contributed by atoms with Crippen molar-refractivity contribution in [3.8, 4) is 0 Å². The summed E-state index contributed by atoms with van der Waals surface area (Å²) in [6.07, 6.45) is 3.71. The number of benzene rings is 1. The summed E-state index contributed by atoms with van der Waals surface area (Å²) in [7, 11) is 0. The molecular formula is C15H14N2O2S. The zero-order valence-corrected chi connectivity index (χ0v) is 11.7. The Morgan fingerprint density at radius 3 is 2.60 bits per heavy atom. The minimum absolute atomic E-state index is 0.115. The summed E-state index contributed by atoms with van der Waals surface area (Å²) >= 11 is 4.98. The fourth-order valence-corrected chi connectivity index (χ4v) is 2.13. The number of allylic oxidation sites excluding steroid dienone is 1. The maximum absolute atomic E-state index is 12.2. The average Bonchev–Trinajstić information content (AvgIpc) is 2.44. The molecule has 0 unspecified atom stereocenters. The zero-order valence-electron chi connectivity index (χ0n) is 10.8. The zero-order chi connectivity index (χ0) is 14.5. The molecule has 0 aromatic heterocycles. The van der Waals surface area contributed by atoms with E-state index >= 15 is 0 Å². The molecule has 2 rings (SSSR count). The van der Waals surface area contributed by atoms with Crippen molar-refractivity contribution in [1.29, 1.82) is 0 Å². The van der Waals surface area contributed by atoms with Gasteiger partial charge in [0.05, 0.1) is 0 Å². The molecule has 0 saturated carbocycles. The van der Waals surface area contributed by atoms with Crippen LogP contribution in [0.3, 0.4) is 0 Å². The summed E-state index contributed by atoms with van der Waals surface area (Å²) in [6.45, 7) is 3.85. The highest BCUT2D eigenvalue weighted by Crippen LogP contribution is 2.12. The third-order valence-electron chi connectivity index (χ3n) is 2.88. The van der Waals surface area contributed by atoms with E-state index in [4.69, 9.17) is 12.2 Å². The van der Waals surface area contributed by atoms with Crippen LogP contribution in [0.25, 0.3) is 0 Å². The summed E-state index contributed by atoms with van der Waals surface area (Å²) in [5.74, 6) is -0.828. The lowest BCUT2D eigenvalue weighted by molar-refractivity contribution is -0.128. The fourth-order valence-electron chi connectivity index (χ4n) is 1.88. The Morgan fingerprint density at radius 1 is 1.25 bits per heavy atom. The number of carbonyl (C=O) groups is 2. The summed E-state index contributed by atoms with van der Waals surface area (Å²) in [5, 5.41) is 2.63. The topological polar surface area (TPSA) is 49.4 Å². The first-order valence-corrected chi connectivity index (χ1v) is 6.56. The van der Waals surface area contributed by atoms with E-state index in [9.17, 15) is 9.59 Å². The molecule has 4 nitrogen and oxygen atoms in total. The lowest BCUT2D eigenvalue weighted by atomic mass is 10.1. The summed E-state index contributed by atoms with van der Waals surface area (Å²) in [4.78, 5) is 25.4. The number of thiocarbonyl (C=S) groups is 1. The molecule has 0 spiro atoms. The van der Waals surface area contributed by atoms with Crippen LogP contribution in [0, 0.1) is 0 Å². The standard InChI is InChI=1S/C15H14N2O2S/c1-2-10-17-14(19)12(13(18)16-15(17)20)9-8-11-6-4-3-5-7-11/h2-7,9H,1,8,10H2,(H,16,18,20)/b12-9-. The van der Waals surface area contributed by atoms with E-state index in [2.05, 4.69) is 11.9 Å². The van der Waals surface area contributed by atoms with E-state index in [0.717, 1.165) is 5.56 Å². The molecule has 1 aliphatic rings. The quantitative estimate of drug-likeness (QED) is 0.396. The summed E-state index contributed by atoms with van der Waals surface area (Å²) < 4.78 is 0. The molecule has 1 fully saturated rings. The van der Waals surface area contributed by atoms with E-state index < -0.39 is 5.91 Å². The van der Waals surface area contributed by atoms with Gasteiger partial charge in [0, 0.05) is 6.54 Å². The SMILES string of the molecule is C=CCN1C(=O)/C(=C\Cc2ccccc2)C(=O)NC1=S. The lowest BCUT2D eigenvalue weighted by Gasteiger charge is -2.27. The van der Waals surface area contributed by atoms with Crippen LogP contribution in [0.1, 0.15) is 5.56 Å². The van der Waals surface area contributed by atoms with Gasteiger partial charge in [0.15, 0.2) is 5.11 Å². The minimum Gasteiger partial charge on any atom is -0.298 e. The van der Waals surface area contributed by atoms with E-state index in [-0.39, 0.29) is 23.1 Å². The number of hydrogen-bond donors (Lipinski definition) is 1. The molecule has 0 bridgehead atoms. The van der Waals surface area contributed by atoms with Crippen LogP contribution in [-0.4, -0.2) is 28.4 Å². The Labute approximate surface area is 122 Å². The van der Waals surface area contributed by atoms with Gasteiger partial charge in [-0.25, -0.2) is 0 Å². The second-order valence-corrected chi connectivity index (χ2v) is 4.66. The van der Waals surface area contributed by atoms with Crippen molar-refractivity contribution < 1.29 is 9.59 Å². The first kappa shape index (κ1) is 14.1. The minimum atomic E-state index is -0.448. The molecule has 1 aliphatic heterocycles. The molecule has 0 atom stereocenters. The maximum Gasteiger partial charge on any atom is 0.265 e. The van der Waals surface area contributed by atoms with Crippen molar-refractivity contribution in [2.24, 2.45) is 0 Å². The molecule has 5 heteroatoms. The molecule has 0 radical (unpaired) electrons. The Bertz CT molecular complexity index is 593. The van der Waals surface area contributed by atoms with Crippen LogP contribution in [0.4, 0.5) is 0 Å². The highest BCUT2D eigenvalue weighted by Gasteiger charge is 2.32. The highest BCUT2D eigenvalue weighted by atomic mass is 32.1. The van der Waals surface area contributed by atoms with Crippen LogP contribution in [-0.2, 0) is 16.0 Å². The molecule has 2 amide bonds. The van der Waals surface area contributed by atoms with Crippen LogP contribution in [0.5, 0.6) is 0 Å². The summed E-state index contributed by atoms with van der Waals surface area (Å²) in [5.41, 5.74) is 1.15. The average molecular weight is 286 g/mol. The van der Waals surface area contributed by atoms with Gasteiger partial charge >= 0.3 is 0 Å². The number of hydrogen-bond acceptors (Lipinski definition) is 3. The molecule has 1 aromatic carbocycles. The van der Waals surface area contributed by atoms with Crippen LogP contribution in [0.15, 0.2) is 54.6 Å². The van der Waals surface area contributed by atoms with Crippen LogP contribution in [0.2, 0.25) is 0 Å². The van der Waals surface area contributed by atoms with Gasteiger partial charge in [-0.1, -0.05) is 42.5 Å². The second-order valence-electron chi connectivity index (χ2n) is 4.27. The summed E-state index contributed by atoms with van der Waals surface area (Å²) in [6, 6.07) is 9.62.